The van der Waals surface area contributed by atoms with Crippen LogP contribution in [0.25, 0.3) is 22.3 Å². The van der Waals surface area contributed by atoms with Crippen molar-refractivity contribution in [2.24, 2.45) is 17.8 Å². The molecule has 5 rings (SSSR count). The van der Waals surface area contributed by atoms with Gasteiger partial charge in [0.2, 0.25) is 0 Å². The van der Waals surface area contributed by atoms with Crippen LogP contribution in [0, 0.1) is 41.0 Å². The lowest BCUT2D eigenvalue weighted by Gasteiger charge is -2.38. The zero-order valence-corrected chi connectivity index (χ0v) is 28.2. The fourth-order valence-electron chi connectivity index (χ4n) is 8.47. The van der Waals surface area contributed by atoms with Crippen LogP contribution >= 0.6 is 0 Å². The Morgan fingerprint density at radius 1 is 0.500 bits per heavy atom. The molecular formula is C42H54F4. The molecule has 250 valence electrons. The summed E-state index contributed by atoms with van der Waals surface area (Å²) in [4.78, 5) is 0. The van der Waals surface area contributed by atoms with Gasteiger partial charge in [0.05, 0.1) is 0 Å². The van der Waals surface area contributed by atoms with Gasteiger partial charge in [0, 0.05) is 11.1 Å². The minimum Gasteiger partial charge on any atom is -0.203 e. The molecule has 0 aliphatic heterocycles. The Kier molecular flexibility index (Phi) is 12.8. The summed E-state index contributed by atoms with van der Waals surface area (Å²) in [7, 11) is 0. The van der Waals surface area contributed by atoms with E-state index in [1.165, 1.54) is 64.2 Å². The molecule has 3 aromatic rings. The van der Waals surface area contributed by atoms with Crippen molar-refractivity contribution in [1.82, 2.24) is 0 Å². The first kappa shape index (κ1) is 34.7. The monoisotopic (exact) mass is 634 g/mol. The molecule has 2 aliphatic carbocycles. The van der Waals surface area contributed by atoms with Crippen molar-refractivity contribution in [3.8, 4) is 22.3 Å². The Labute approximate surface area is 275 Å². The van der Waals surface area contributed by atoms with Crippen LogP contribution in [0.2, 0.25) is 0 Å². The van der Waals surface area contributed by atoms with E-state index in [0.717, 1.165) is 62.7 Å². The van der Waals surface area contributed by atoms with Crippen LogP contribution < -0.4 is 0 Å². The third kappa shape index (κ3) is 8.45. The molecule has 2 saturated carbocycles. The van der Waals surface area contributed by atoms with E-state index in [0.29, 0.717) is 28.7 Å². The first-order chi connectivity index (χ1) is 22.4. The van der Waals surface area contributed by atoms with Gasteiger partial charge in [-0.2, -0.15) is 0 Å². The summed E-state index contributed by atoms with van der Waals surface area (Å²) in [5.41, 5.74) is 2.31. The molecule has 4 heteroatoms. The van der Waals surface area contributed by atoms with Crippen molar-refractivity contribution in [3.05, 3.63) is 82.9 Å². The van der Waals surface area contributed by atoms with E-state index in [9.17, 15) is 4.39 Å². The van der Waals surface area contributed by atoms with E-state index in [4.69, 9.17) is 0 Å². The summed E-state index contributed by atoms with van der Waals surface area (Å²) in [6.07, 6.45) is 20.5. The lowest BCUT2D eigenvalue weighted by Crippen LogP contribution is -2.25. The Morgan fingerprint density at radius 2 is 1.02 bits per heavy atom. The highest BCUT2D eigenvalue weighted by molar-refractivity contribution is 5.71. The topological polar surface area (TPSA) is 0 Å². The number of halogens is 4. The van der Waals surface area contributed by atoms with Crippen molar-refractivity contribution in [2.45, 2.75) is 135 Å². The van der Waals surface area contributed by atoms with Gasteiger partial charge in [-0.15, -0.1) is 0 Å². The van der Waals surface area contributed by atoms with Gasteiger partial charge in [-0.05, 0) is 97.3 Å². The van der Waals surface area contributed by atoms with Gasteiger partial charge >= 0.3 is 0 Å². The van der Waals surface area contributed by atoms with Gasteiger partial charge in [0.1, 0.15) is 0 Å². The van der Waals surface area contributed by atoms with Crippen LogP contribution in [0.1, 0.15) is 140 Å². The van der Waals surface area contributed by atoms with E-state index in [1.54, 1.807) is 48.5 Å². The Hall–Kier alpha value is -2.62. The van der Waals surface area contributed by atoms with E-state index < -0.39 is 23.3 Å². The average Bonchev–Trinajstić information content (AvgIpc) is 3.08. The summed E-state index contributed by atoms with van der Waals surface area (Å²) in [6, 6.07) is 13.4. The van der Waals surface area contributed by atoms with Gasteiger partial charge in [-0.1, -0.05) is 127 Å². The number of aryl methyl sites for hydroxylation is 1. The van der Waals surface area contributed by atoms with Gasteiger partial charge < -0.3 is 0 Å². The molecule has 0 unspecified atom stereocenters. The maximum atomic E-state index is 15.5. The first-order valence-electron chi connectivity index (χ1n) is 18.5. The molecule has 0 atom stereocenters. The minimum absolute atomic E-state index is 0.0604. The average molecular weight is 635 g/mol. The molecule has 2 aliphatic rings. The van der Waals surface area contributed by atoms with Crippen molar-refractivity contribution >= 4 is 0 Å². The molecule has 0 saturated heterocycles. The maximum absolute atomic E-state index is 15.5. The zero-order chi connectivity index (χ0) is 32.5. The Morgan fingerprint density at radius 3 is 1.61 bits per heavy atom. The quantitative estimate of drug-likeness (QED) is 0.122. The zero-order valence-electron chi connectivity index (χ0n) is 28.2. The van der Waals surface area contributed by atoms with Crippen molar-refractivity contribution in [3.63, 3.8) is 0 Å². The van der Waals surface area contributed by atoms with Gasteiger partial charge in [0.25, 0.3) is 0 Å². The number of rotatable bonds is 14. The smallest absolute Gasteiger partial charge is 0.166 e. The molecule has 0 radical (unpaired) electrons. The molecule has 0 heterocycles. The fourth-order valence-corrected chi connectivity index (χ4v) is 8.47. The van der Waals surface area contributed by atoms with Gasteiger partial charge in [0.15, 0.2) is 23.3 Å². The second kappa shape index (κ2) is 17.0. The highest BCUT2D eigenvalue weighted by Gasteiger charge is 2.32. The molecule has 0 aromatic heterocycles. The van der Waals surface area contributed by atoms with Crippen LogP contribution in [0.3, 0.4) is 0 Å². The highest BCUT2D eigenvalue weighted by Crippen LogP contribution is 2.45. The Balaban J connectivity index is 1.18. The summed E-state index contributed by atoms with van der Waals surface area (Å²) in [5, 5.41) is 0. The van der Waals surface area contributed by atoms with Crippen LogP contribution in [0.5, 0.6) is 0 Å². The lowest BCUT2D eigenvalue weighted by molar-refractivity contribution is 0.156. The molecule has 2 fully saturated rings. The Bertz CT molecular complexity index is 1380. The predicted molar refractivity (Wildman–Crippen MR) is 184 cm³/mol. The summed E-state index contributed by atoms with van der Waals surface area (Å²) < 4.78 is 61.0. The molecular weight excluding hydrogens is 580 g/mol. The van der Waals surface area contributed by atoms with E-state index >= 15 is 13.2 Å². The summed E-state index contributed by atoms with van der Waals surface area (Å²) in [6.45, 7) is 4.47. The second-order valence-corrected chi connectivity index (χ2v) is 14.4. The van der Waals surface area contributed by atoms with Crippen LogP contribution in [-0.4, -0.2) is 0 Å². The van der Waals surface area contributed by atoms with Crippen LogP contribution in [-0.2, 0) is 6.42 Å². The highest BCUT2D eigenvalue weighted by atomic mass is 19.2. The lowest BCUT2D eigenvalue weighted by atomic mass is 9.68. The normalized spacial score (nSPS) is 21.9. The van der Waals surface area contributed by atoms with E-state index in [-0.39, 0.29) is 17.0 Å². The summed E-state index contributed by atoms with van der Waals surface area (Å²) in [5.74, 6) is -0.709. The second-order valence-electron chi connectivity index (χ2n) is 14.4. The molecule has 0 amide bonds. The van der Waals surface area contributed by atoms with Crippen LogP contribution in [0.4, 0.5) is 17.6 Å². The molecule has 0 N–H and O–H groups in total. The van der Waals surface area contributed by atoms with E-state index in [2.05, 4.69) is 13.8 Å². The SMILES string of the molecule is CCCCCCCCCc1ccc(-c2ccc(-c3ccc(C4CCC(C5CCC(CCC)CC5)CC4)c(F)c3F)cc2)c(F)c1F. The predicted octanol–water partition coefficient (Wildman–Crippen LogP) is 13.8. The number of benzene rings is 3. The van der Waals surface area contributed by atoms with Crippen molar-refractivity contribution in [2.75, 3.05) is 0 Å². The largest absolute Gasteiger partial charge is 0.203 e. The molecule has 0 nitrogen and oxygen atoms in total. The van der Waals surface area contributed by atoms with Gasteiger partial charge in [-0.25, -0.2) is 17.6 Å². The third-order valence-electron chi connectivity index (χ3n) is 11.3. The number of hydrogen-bond donors (Lipinski definition) is 0. The van der Waals surface area contributed by atoms with E-state index in [1.807, 2.05) is 0 Å². The standard InChI is InChI=1S/C42H54F4/c1-3-5-6-7-8-9-10-12-35-25-26-36(40(44)39(35)43)33-21-23-34(24-22-33)38-28-27-37(41(45)42(38)46)32-19-17-31(18-20-32)30-15-13-29(11-4-2)14-16-30/h21-32H,3-20H2,1-2H3. The molecule has 46 heavy (non-hydrogen) atoms. The molecule has 0 spiro atoms. The third-order valence-corrected chi connectivity index (χ3v) is 11.3. The minimum atomic E-state index is -0.853. The molecule has 3 aromatic carbocycles. The summed E-state index contributed by atoms with van der Waals surface area (Å²) >= 11 is 0. The maximum Gasteiger partial charge on any atom is 0.166 e. The van der Waals surface area contributed by atoms with Crippen molar-refractivity contribution in [1.29, 1.82) is 0 Å². The first-order valence-corrected chi connectivity index (χ1v) is 18.5. The fraction of sp³-hybridized carbons (Fsp3) is 0.571. The number of unbranched alkanes of at least 4 members (excludes halogenated alkanes) is 6. The van der Waals surface area contributed by atoms with Crippen LogP contribution in [0.15, 0.2) is 48.5 Å². The van der Waals surface area contributed by atoms with Gasteiger partial charge in [-0.3, -0.25) is 0 Å². The molecule has 0 bridgehead atoms. The van der Waals surface area contributed by atoms with Crippen molar-refractivity contribution < 1.29 is 17.6 Å². The number of hydrogen-bond acceptors (Lipinski definition) is 0.